The number of amides is 4. The Labute approximate surface area is 221 Å². The lowest BCUT2D eigenvalue weighted by Gasteiger charge is -2.31. The number of aryl methyl sites for hydroxylation is 1. The second kappa shape index (κ2) is 12.8. The number of imide groups is 2. The predicted octanol–water partition coefficient (Wildman–Crippen LogP) is 3.36. The highest BCUT2D eigenvalue weighted by Gasteiger charge is 2.30. The number of nitrogens with one attached hydrogen (secondary N) is 2. The van der Waals surface area contributed by atoms with E-state index in [1.165, 1.54) is 35.4 Å². The fourth-order valence-corrected chi connectivity index (χ4v) is 3.71. The van der Waals surface area contributed by atoms with E-state index in [2.05, 4.69) is 55.5 Å². The summed E-state index contributed by atoms with van der Waals surface area (Å²) in [5, 5.41) is 4.06. The third kappa shape index (κ3) is 7.76. The van der Waals surface area contributed by atoms with E-state index in [-0.39, 0.29) is 29.0 Å². The van der Waals surface area contributed by atoms with Crippen LogP contribution >= 0.6 is 0 Å². The van der Waals surface area contributed by atoms with E-state index in [0.29, 0.717) is 6.61 Å². The molecule has 38 heavy (non-hydrogen) atoms. The Morgan fingerprint density at radius 3 is 1.45 bits per heavy atom. The van der Waals surface area contributed by atoms with Crippen LogP contribution < -0.4 is 21.1 Å². The first-order valence-corrected chi connectivity index (χ1v) is 11.8. The SMILES string of the molecule is Cc1cc(N)ccc1OCC(C)(c1ccccc1)c1ccccc1.O=C1C=CC(=O)N1.O=C1C=CC(=O)N1. The minimum atomic E-state index is -0.329. The maximum Gasteiger partial charge on any atom is 0.250 e. The summed E-state index contributed by atoms with van der Waals surface area (Å²) < 4.78 is 6.21. The molecule has 0 saturated carbocycles. The molecule has 3 aromatic rings. The van der Waals surface area contributed by atoms with Gasteiger partial charge >= 0.3 is 0 Å². The number of ether oxygens (including phenoxy) is 1. The Kier molecular flexibility index (Phi) is 9.31. The first kappa shape index (κ1) is 27.6. The van der Waals surface area contributed by atoms with Crippen LogP contribution in [-0.4, -0.2) is 30.2 Å². The number of carbonyl (C=O) groups is 4. The van der Waals surface area contributed by atoms with Gasteiger partial charge in [-0.25, -0.2) is 0 Å². The number of hydrogen-bond donors (Lipinski definition) is 3. The number of nitrogens with two attached hydrogens (primary N) is 1. The van der Waals surface area contributed by atoms with Gasteiger partial charge in [-0.05, 0) is 48.7 Å². The van der Waals surface area contributed by atoms with Gasteiger partial charge in [0.2, 0.25) is 0 Å². The molecular formula is C30H29N3O5. The molecule has 0 aromatic heterocycles. The normalized spacial score (nSPS) is 13.6. The van der Waals surface area contributed by atoms with Crippen molar-refractivity contribution in [1.82, 2.24) is 10.6 Å². The zero-order valence-corrected chi connectivity index (χ0v) is 21.1. The molecule has 0 atom stereocenters. The molecule has 0 bridgehead atoms. The summed E-state index contributed by atoms with van der Waals surface area (Å²) >= 11 is 0. The number of carbonyl (C=O) groups excluding carboxylic acids is 4. The van der Waals surface area contributed by atoms with Crippen LogP contribution in [0.3, 0.4) is 0 Å². The molecular weight excluding hydrogens is 482 g/mol. The summed E-state index contributed by atoms with van der Waals surface area (Å²) in [6.07, 6.45) is 4.79. The maximum atomic E-state index is 10.0. The quantitative estimate of drug-likeness (QED) is 0.356. The third-order valence-corrected chi connectivity index (χ3v) is 5.80. The highest BCUT2D eigenvalue weighted by Crippen LogP contribution is 2.33. The molecule has 5 rings (SSSR count). The molecule has 2 aliphatic heterocycles. The summed E-state index contributed by atoms with van der Waals surface area (Å²) in [4.78, 5) is 40.1. The molecule has 8 heteroatoms. The molecule has 194 valence electrons. The second-order valence-corrected chi connectivity index (χ2v) is 8.75. The van der Waals surface area contributed by atoms with Gasteiger partial charge in [0.15, 0.2) is 0 Å². The fraction of sp³-hybridized carbons (Fsp3) is 0.133. The van der Waals surface area contributed by atoms with Crippen LogP contribution in [0.4, 0.5) is 5.69 Å². The highest BCUT2D eigenvalue weighted by molar-refractivity contribution is 6.13. The number of rotatable bonds is 5. The lowest BCUT2D eigenvalue weighted by molar-refractivity contribution is -0.125. The molecule has 2 heterocycles. The van der Waals surface area contributed by atoms with Gasteiger partial charge in [0.05, 0.1) is 5.41 Å². The first-order chi connectivity index (χ1) is 18.2. The lowest BCUT2D eigenvalue weighted by atomic mass is 9.77. The van der Waals surface area contributed by atoms with Gasteiger partial charge in [-0.3, -0.25) is 29.8 Å². The van der Waals surface area contributed by atoms with E-state index in [1.54, 1.807) is 0 Å². The van der Waals surface area contributed by atoms with Crippen molar-refractivity contribution in [2.45, 2.75) is 19.3 Å². The minimum Gasteiger partial charge on any atom is -0.492 e. The molecule has 0 aliphatic carbocycles. The Balaban J connectivity index is 0.000000231. The van der Waals surface area contributed by atoms with Crippen molar-refractivity contribution in [3.8, 4) is 5.75 Å². The average molecular weight is 512 g/mol. The Morgan fingerprint density at radius 2 is 1.11 bits per heavy atom. The first-order valence-electron chi connectivity index (χ1n) is 11.8. The van der Waals surface area contributed by atoms with Crippen LogP contribution in [0, 0.1) is 6.92 Å². The molecule has 2 aliphatic rings. The summed E-state index contributed by atoms with van der Waals surface area (Å²) in [5.41, 5.74) is 9.90. The number of anilines is 1. The van der Waals surface area contributed by atoms with E-state index in [0.717, 1.165) is 17.0 Å². The molecule has 0 saturated heterocycles. The molecule has 4 N–H and O–H groups in total. The van der Waals surface area contributed by atoms with Crippen molar-refractivity contribution in [2.75, 3.05) is 12.3 Å². The number of nitrogen functional groups attached to an aromatic ring is 1. The van der Waals surface area contributed by atoms with Gasteiger partial charge in [-0.2, -0.15) is 0 Å². The van der Waals surface area contributed by atoms with E-state index in [1.807, 2.05) is 47.9 Å². The van der Waals surface area contributed by atoms with Crippen molar-refractivity contribution in [2.24, 2.45) is 0 Å². The van der Waals surface area contributed by atoms with E-state index < -0.39 is 0 Å². The van der Waals surface area contributed by atoms with Crippen LogP contribution in [0.5, 0.6) is 5.75 Å². The van der Waals surface area contributed by atoms with Gasteiger partial charge < -0.3 is 10.5 Å². The molecule has 3 aromatic carbocycles. The van der Waals surface area contributed by atoms with Crippen molar-refractivity contribution in [3.05, 3.63) is 120 Å². The van der Waals surface area contributed by atoms with Gasteiger partial charge in [-0.15, -0.1) is 0 Å². The minimum absolute atomic E-state index is 0.226. The van der Waals surface area contributed by atoms with E-state index in [4.69, 9.17) is 10.5 Å². The topological polar surface area (TPSA) is 128 Å². The van der Waals surface area contributed by atoms with Gasteiger partial charge in [0.1, 0.15) is 12.4 Å². The molecule has 0 fully saturated rings. The van der Waals surface area contributed by atoms with Crippen molar-refractivity contribution >= 4 is 29.3 Å². The standard InChI is InChI=1S/C22H23NO.2C4H3NO2/c1-17-15-20(23)13-14-21(17)24-16-22(2,18-9-5-3-6-10-18)19-11-7-4-8-12-19;2*6-3-1-2-4(7)5-3/h3-15H,16,23H2,1-2H3;2*1-2H,(H,5,6,7). The lowest BCUT2D eigenvalue weighted by Crippen LogP contribution is -2.31. The molecule has 0 unspecified atom stereocenters. The van der Waals surface area contributed by atoms with Crippen LogP contribution in [0.1, 0.15) is 23.6 Å². The van der Waals surface area contributed by atoms with E-state index in [9.17, 15) is 19.2 Å². The van der Waals surface area contributed by atoms with E-state index >= 15 is 0 Å². The van der Waals surface area contributed by atoms with Crippen molar-refractivity contribution < 1.29 is 23.9 Å². The maximum absolute atomic E-state index is 10.0. The number of benzene rings is 3. The summed E-state index contributed by atoms with van der Waals surface area (Å²) in [6, 6.07) is 26.8. The number of hydrogen-bond acceptors (Lipinski definition) is 6. The Bertz CT molecular complexity index is 1260. The molecule has 8 nitrogen and oxygen atoms in total. The third-order valence-electron chi connectivity index (χ3n) is 5.80. The Hall–Kier alpha value is -4.98. The smallest absolute Gasteiger partial charge is 0.250 e. The van der Waals surface area contributed by atoms with Crippen LogP contribution in [0.25, 0.3) is 0 Å². The van der Waals surface area contributed by atoms with Gasteiger partial charge in [0, 0.05) is 30.0 Å². The molecule has 4 amide bonds. The molecule has 0 spiro atoms. The summed E-state index contributed by atoms with van der Waals surface area (Å²) in [5.74, 6) is -0.438. The second-order valence-electron chi connectivity index (χ2n) is 8.75. The van der Waals surface area contributed by atoms with Crippen LogP contribution in [0.15, 0.2) is 103 Å². The van der Waals surface area contributed by atoms with Crippen LogP contribution in [0.2, 0.25) is 0 Å². The Morgan fingerprint density at radius 1 is 0.684 bits per heavy atom. The van der Waals surface area contributed by atoms with Crippen LogP contribution in [-0.2, 0) is 24.6 Å². The van der Waals surface area contributed by atoms with Gasteiger partial charge in [-0.1, -0.05) is 60.7 Å². The van der Waals surface area contributed by atoms with Gasteiger partial charge in [0.25, 0.3) is 23.6 Å². The zero-order chi connectivity index (χ0) is 27.5. The molecule has 0 radical (unpaired) electrons. The largest absolute Gasteiger partial charge is 0.492 e. The summed E-state index contributed by atoms with van der Waals surface area (Å²) in [7, 11) is 0. The predicted molar refractivity (Wildman–Crippen MR) is 145 cm³/mol. The highest BCUT2D eigenvalue weighted by atomic mass is 16.5. The zero-order valence-electron chi connectivity index (χ0n) is 21.1. The monoisotopic (exact) mass is 511 g/mol. The van der Waals surface area contributed by atoms with Crippen molar-refractivity contribution in [3.63, 3.8) is 0 Å². The fourth-order valence-electron chi connectivity index (χ4n) is 3.71. The van der Waals surface area contributed by atoms with Crippen molar-refractivity contribution in [1.29, 1.82) is 0 Å². The average Bonchev–Trinajstić information content (AvgIpc) is 3.49. The summed E-state index contributed by atoms with van der Waals surface area (Å²) in [6.45, 7) is 4.81.